The van der Waals surface area contributed by atoms with Crippen LogP contribution in [0.3, 0.4) is 0 Å². The lowest BCUT2D eigenvalue weighted by molar-refractivity contribution is -0.137. The van der Waals surface area contributed by atoms with E-state index in [4.69, 9.17) is 5.11 Å². The summed E-state index contributed by atoms with van der Waals surface area (Å²) in [4.78, 5) is 10.5. The van der Waals surface area contributed by atoms with E-state index in [9.17, 15) is 20.1 Å². The first kappa shape index (κ1) is 22.5. The Balaban J connectivity index is 2.36. The molecule has 1 saturated carbocycles. The number of aliphatic hydroxyl groups is 3. The Bertz CT molecular complexity index is 401. The number of hydrogen-bond acceptors (Lipinski definition) is 5. The van der Waals surface area contributed by atoms with E-state index in [-0.39, 0.29) is 23.7 Å². The van der Waals surface area contributed by atoms with Gasteiger partial charge < -0.3 is 20.4 Å². The van der Waals surface area contributed by atoms with E-state index in [1.807, 2.05) is 12.2 Å². The lowest BCUT2D eigenvalue weighted by Gasteiger charge is -2.23. The maximum atomic E-state index is 10.5. The quantitative estimate of drug-likeness (QED) is 0.292. The molecule has 146 valence electrons. The summed E-state index contributed by atoms with van der Waals surface area (Å²) < 4.78 is 0. The number of rotatable bonds is 13. The zero-order valence-corrected chi connectivity index (χ0v) is 16.0. The number of carboxylic acid groups (broad SMARTS) is 1. The molecule has 1 aliphatic rings. The van der Waals surface area contributed by atoms with Crippen molar-refractivity contribution in [3.8, 4) is 0 Å². The highest BCUT2D eigenvalue weighted by atomic mass is 32.2. The minimum absolute atomic E-state index is 0.0152. The van der Waals surface area contributed by atoms with Crippen LogP contribution in [-0.4, -0.2) is 55.7 Å². The van der Waals surface area contributed by atoms with E-state index >= 15 is 0 Å². The van der Waals surface area contributed by atoms with Crippen LogP contribution in [0, 0.1) is 5.92 Å². The summed E-state index contributed by atoms with van der Waals surface area (Å²) in [5.74, 6) is -0.202. The van der Waals surface area contributed by atoms with Gasteiger partial charge in [0, 0.05) is 29.8 Å². The number of aliphatic carboxylic acids is 1. The van der Waals surface area contributed by atoms with Crippen LogP contribution in [0.2, 0.25) is 0 Å². The van der Waals surface area contributed by atoms with Crippen LogP contribution in [0.15, 0.2) is 12.2 Å². The van der Waals surface area contributed by atoms with E-state index in [0.29, 0.717) is 31.4 Å². The Hall–Kier alpha value is -0.560. The average Bonchev–Trinajstić information content (AvgIpc) is 2.82. The summed E-state index contributed by atoms with van der Waals surface area (Å²) in [5, 5.41) is 39.0. The molecule has 0 heterocycles. The molecule has 5 atom stereocenters. The largest absolute Gasteiger partial charge is 0.481 e. The molecular weight excluding hydrogens is 340 g/mol. The van der Waals surface area contributed by atoms with Crippen molar-refractivity contribution in [2.45, 2.75) is 88.3 Å². The number of unbranched alkanes of at least 4 members (excludes halogenated alkanes) is 3. The lowest BCUT2D eigenvalue weighted by atomic mass is 10.0. The zero-order chi connectivity index (χ0) is 18.7. The van der Waals surface area contributed by atoms with Crippen LogP contribution in [0.25, 0.3) is 0 Å². The van der Waals surface area contributed by atoms with E-state index in [2.05, 4.69) is 6.92 Å². The molecule has 4 N–H and O–H groups in total. The van der Waals surface area contributed by atoms with Gasteiger partial charge in [0.15, 0.2) is 0 Å². The third-order valence-electron chi connectivity index (χ3n) is 4.74. The molecular formula is C19H34O5S. The number of allylic oxidation sites excluding steroid dienone is 2. The normalized spacial score (nSPS) is 27.8. The van der Waals surface area contributed by atoms with Gasteiger partial charge in [-0.1, -0.05) is 38.3 Å². The molecule has 1 rings (SSSR count). The molecule has 1 fully saturated rings. The summed E-state index contributed by atoms with van der Waals surface area (Å²) >= 11 is 1.57. The maximum absolute atomic E-state index is 10.5. The fourth-order valence-electron chi connectivity index (χ4n) is 3.26. The average molecular weight is 375 g/mol. The molecule has 0 spiro atoms. The Labute approximate surface area is 155 Å². The molecule has 0 aromatic carbocycles. The molecule has 1 aliphatic carbocycles. The van der Waals surface area contributed by atoms with Gasteiger partial charge in [-0.25, -0.2) is 0 Å². The second-order valence-corrected chi connectivity index (χ2v) is 8.19. The van der Waals surface area contributed by atoms with E-state index in [1.54, 1.807) is 11.8 Å². The smallest absolute Gasteiger partial charge is 0.303 e. The van der Waals surface area contributed by atoms with Gasteiger partial charge in [0.25, 0.3) is 0 Å². The summed E-state index contributed by atoms with van der Waals surface area (Å²) in [6.07, 6.45) is 9.18. The Kier molecular flexibility index (Phi) is 11.5. The molecule has 25 heavy (non-hydrogen) atoms. The molecule has 0 saturated heterocycles. The number of hydrogen-bond donors (Lipinski definition) is 4. The van der Waals surface area contributed by atoms with Crippen LogP contribution in [0.1, 0.15) is 64.7 Å². The maximum Gasteiger partial charge on any atom is 0.303 e. The number of thioether (sulfide) groups is 1. The van der Waals surface area contributed by atoms with Crippen molar-refractivity contribution in [3.05, 3.63) is 12.2 Å². The van der Waals surface area contributed by atoms with Gasteiger partial charge >= 0.3 is 5.97 Å². The summed E-state index contributed by atoms with van der Waals surface area (Å²) in [6.45, 7) is 2.14. The third-order valence-corrected chi connectivity index (χ3v) is 6.36. The SMILES string of the molecule is CCCCCC(O)CS[C@H]1[C@H](O)CC(O)[C@@H]1CC=CCCCC(=O)O. The van der Waals surface area contributed by atoms with E-state index in [0.717, 1.165) is 25.7 Å². The monoisotopic (exact) mass is 374 g/mol. The first-order valence-electron chi connectivity index (χ1n) is 9.48. The number of aliphatic hydroxyl groups excluding tert-OH is 3. The van der Waals surface area contributed by atoms with Crippen LogP contribution < -0.4 is 0 Å². The van der Waals surface area contributed by atoms with Crippen molar-refractivity contribution >= 4 is 17.7 Å². The molecule has 0 aromatic rings. The number of carboxylic acids is 1. The molecule has 0 bridgehead atoms. The predicted molar refractivity (Wildman–Crippen MR) is 102 cm³/mol. The lowest BCUT2D eigenvalue weighted by Crippen LogP contribution is -2.26. The van der Waals surface area contributed by atoms with Crippen molar-refractivity contribution in [3.63, 3.8) is 0 Å². The van der Waals surface area contributed by atoms with Crippen LogP contribution in [0.5, 0.6) is 0 Å². The molecule has 6 heteroatoms. The van der Waals surface area contributed by atoms with Crippen molar-refractivity contribution < 1.29 is 25.2 Å². The van der Waals surface area contributed by atoms with E-state index in [1.165, 1.54) is 0 Å². The topological polar surface area (TPSA) is 98.0 Å². The highest BCUT2D eigenvalue weighted by molar-refractivity contribution is 8.00. The van der Waals surface area contributed by atoms with Gasteiger partial charge in [0.2, 0.25) is 0 Å². The highest BCUT2D eigenvalue weighted by Gasteiger charge is 2.41. The van der Waals surface area contributed by atoms with Crippen LogP contribution in [-0.2, 0) is 4.79 Å². The molecule has 5 nitrogen and oxygen atoms in total. The summed E-state index contributed by atoms with van der Waals surface area (Å²) in [5.41, 5.74) is 0. The van der Waals surface area contributed by atoms with Crippen LogP contribution in [0.4, 0.5) is 0 Å². The summed E-state index contributed by atoms with van der Waals surface area (Å²) in [7, 11) is 0. The van der Waals surface area contributed by atoms with E-state index < -0.39 is 18.2 Å². The van der Waals surface area contributed by atoms with Crippen molar-refractivity contribution in [2.75, 3.05) is 5.75 Å². The minimum atomic E-state index is -0.781. The third kappa shape index (κ3) is 9.08. The van der Waals surface area contributed by atoms with Gasteiger partial charge in [-0.15, -0.1) is 0 Å². The van der Waals surface area contributed by atoms with Crippen LogP contribution >= 0.6 is 11.8 Å². The highest BCUT2D eigenvalue weighted by Crippen LogP contribution is 2.38. The van der Waals surface area contributed by atoms with Crippen molar-refractivity contribution in [1.29, 1.82) is 0 Å². The fourth-order valence-corrected chi connectivity index (χ4v) is 4.75. The number of carbonyl (C=O) groups is 1. The molecule has 0 amide bonds. The van der Waals surface area contributed by atoms with Gasteiger partial charge in [-0.2, -0.15) is 11.8 Å². The second kappa shape index (κ2) is 12.7. The first-order chi connectivity index (χ1) is 12.0. The van der Waals surface area contributed by atoms with Gasteiger partial charge in [-0.05, 0) is 25.7 Å². The first-order valence-corrected chi connectivity index (χ1v) is 10.5. The summed E-state index contributed by atoms with van der Waals surface area (Å²) in [6, 6.07) is 0. The standard InChI is InChI=1S/C19H34O5S/c1-2-3-6-9-14(20)13-25-19-15(16(21)12-17(19)22)10-7-4-5-8-11-18(23)24/h4,7,14-17,19-22H,2-3,5-6,8-13H2,1H3,(H,23,24)/t14?,15-,16?,17+,19+/m0/s1. The molecule has 0 aromatic heterocycles. The fraction of sp³-hybridized carbons (Fsp3) is 0.842. The molecule has 0 aliphatic heterocycles. The Morgan fingerprint density at radius 3 is 2.64 bits per heavy atom. The van der Waals surface area contributed by atoms with Gasteiger partial charge in [0.05, 0.1) is 18.3 Å². The van der Waals surface area contributed by atoms with Crippen molar-refractivity contribution in [2.24, 2.45) is 5.92 Å². The minimum Gasteiger partial charge on any atom is -0.481 e. The van der Waals surface area contributed by atoms with Gasteiger partial charge in [0.1, 0.15) is 0 Å². The second-order valence-electron chi connectivity index (χ2n) is 6.97. The Morgan fingerprint density at radius 2 is 1.96 bits per heavy atom. The van der Waals surface area contributed by atoms with Crippen molar-refractivity contribution in [1.82, 2.24) is 0 Å². The Morgan fingerprint density at radius 1 is 1.20 bits per heavy atom. The predicted octanol–water partition coefficient (Wildman–Crippen LogP) is 2.97. The molecule has 0 radical (unpaired) electrons. The molecule has 2 unspecified atom stereocenters. The zero-order valence-electron chi connectivity index (χ0n) is 15.2. The van der Waals surface area contributed by atoms with Gasteiger partial charge in [-0.3, -0.25) is 4.79 Å².